The maximum absolute atomic E-state index is 13.1. The van der Waals surface area contributed by atoms with Crippen LogP contribution in [0.3, 0.4) is 0 Å². The predicted molar refractivity (Wildman–Crippen MR) is 105 cm³/mol. The molecule has 3 rings (SSSR count). The van der Waals surface area contributed by atoms with Crippen LogP contribution in [0.5, 0.6) is 0 Å². The fourth-order valence-corrected chi connectivity index (χ4v) is 2.88. The number of amides is 1. The van der Waals surface area contributed by atoms with E-state index in [0.29, 0.717) is 34.7 Å². The zero-order valence-electron chi connectivity index (χ0n) is 15.9. The van der Waals surface area contributed by atoms with Crippen molar-refractivity contribution in [2.75, 3.05) is 23.9 Å². The molecular weight excluding hydrogens is 381 g/mol. The summed E-state index contributed by atoms with van der Waals surface area (Å²) in [6.45, 7) is 0.207. The number of carbonyl (C=O) groups is 1. The van der Waals surface area contributed by atoms with E-state index >= 15 is 0 Å². The van der Waals surface area contributed by atoms with Crippen LogP contribution in [0.1, 0.15) is 11.3 Å². The number of rotatable bonds is 6. The van der Waals surface area contributed by atoms with Crippen molar-refractivity contribution in [2.45, 2.75) is 12.7 Å². The summed E-state index contributed by atoms with van der Waals surface area (Å²) >= 11 is 0. The summed E-state index contributed by atoms with van der Waals surface area (Å²) in [4.78, 5) is 23.6. The average molecular weight is 400 g/mol. The van der Waals surface area contributed by atoms with E-state index in [1.54, 1.807) is 49.5 Å². The van der Waals surface area contributed by atoms with Crippen molar-refractivity contribution in [1.82, 2.24) is 9.97 Å². The van der Waals surface area contributed by atoms with Gasteiger partial charge in [0.2, 0.25) is 6.41 Å². The van der Waals surface area contributed by atoms with E-state index in [1.165, 1.54) is 17.2 Å². The lowest BCUT2D eigenvalue weighted by Gasteiger charge is -2.24. The molecule has 150 valence electrons. The third-order valence-corrected chi connectivity index (χ3v) is 4.29. The first-order chi connectivity index (χ1) is 13.8. The zero-order valence-corrected chi connectivity index (χ0v) is 15.9. The van der Waals surface area contributed by atoms with E-state index in [9.17, 15) is 18.0 Å². The molecule has 29 heavy (non-hydrogen) atoms. The fraction of sp³-hybridized carbons (Fsp3) is 0.190. The molecule has 0 radical (unpaired) electrons. The third-order valence-electron chi connectivity index (χ3n) is 4.29. The number of carbonyl (C=O) groups excluding carboxylic acids is 1. The molecule has 5 nitrogen and oxygen atoms in total. The lowest BCUT2D eigenvalue weighted by molar-refractivity contribution is -0.137. The molecule has 1 amide bonds. The molecule has 2 heterocycles. The minimum atomic E-state index is -4.44. The van der Waals surface area contributed by atoms with Crippen molar-refractivity contribution < 1.29 is 18.0 Å². The number of hydrogen-bond donors (Lipinski definition) is 0. The Bertz CT molecular complexity index is 991. The summed E-state index contributed by atoms with van der Waals surface area (Å²) in [5.41, 5.74) is 1.25. The van der Waals surface area contributed by atoms with Crippen molar-refractivity contribution in [2.24, 2.45) is 0 Å². The first-order valence-corrected chi connectivity index (χ1v) is 8.76. The molecule has 3 aromatic rings. The molecule has 0 unspecified atom stereocenters. The Balaban J connectivity index is 2.05. The number of anilines is 2. The van der Waals surface area contributed by atoms with Gasteiger partial charge in [0.15, 0.2) is 5.82 Å². The van der Waals surface area contributed by atoms with Crippen LogP contribution < -0.4 is 9.80 Å². The van der Waals surface area contributed by atoms with Gasteiger partial charge < -0.3 is 9.80 Å². The van der Waals surface area contributed by atoms with Crippen LogP contribution in [0.25, 0.3) is 11.1 Å². The van der Waals surface area contributed by atoms with Crippen LogP contribution in [0, 0.1) is 0 Å². The van der Waals surface area contributed by atoms with E-state index in [1.807, 2.05) is 6.07 Å². The lowest BCUT2D eigenvalue weighted by Crippen LogP contribution is -2.24. The second-order valence-corrected chi connectivity index (χ2v) is 6.59. The summed E-state index contributed by atoms with van der Waals surface area (Å²) < 4.78 is 39.2. The normalized spacial score (nSPS) is 11.2. The standard InChI is InChI=1S/C21H19F3N4O/c1-27(2)20-19(28(14-29)13-18-8-3-4-9-25-18)11-16(12-26-20)15-6-5-7-17(10-15)21(22,23)24/h3-12,14H,13H2,1-2H3. The van der Waals surface area contributed by atoms with Gasteiger partial charge in [0.05, 0.1) is 23.5 Å². The van der Waals surface area contributed by atoms with Gasteiger partial charge in [-0.2, -0.15) is 13.2 Å². The Morgan fingerprint density at radius 3 is 2.41 bits per heavy atom. The smallest absolute Gasteiger partial charge is 0.361 e. The number of hydrogen-bond acceptors (Lipinski definition) is 4. The Kier molecular flexibility index (Phi) is 5.81. The van der Waals surface area contributed by atoms with Crippen molar-refractivity contribution in [1.29, 1.82) is 0 Å². The molecular formula is C21H19F3N4O. The third kappa shape index (κ3) is 4.71. The molecule has 0 atom stereocenters. The van der Waals surface area contributed by atoms with Gasteiger partial charge in [0.1, 0.15) is 0 Å². The van der Waals surface area contributed by atoms with Gasteiger partial charge >= 0.3 is 6.18 Å². The van der Waals surface area contributed by atoms with Gasteiger partial charge in [-0.1, -0.05) is 18.2 Å². The van der Waals surface area contributed by atoms with Crippen LogP contribution in [0.2, 0.25) is 0 Å². The van der Waals surface area contributed by atoms with E-state index in [4.69, 9.17) is 0 Å². The van der Waals surface area contributed by atoms with E-state index in [2.05, 4.69) is 9.97 Å². The van der Waals surface area contributed by atoms with Gasteiger partial charge in [0.25, 0.3) is 0 Å². The van der Waals surface area contributed by atoms with Gasteiger partial charge in [0, 0.05) is 32.1 Å². The summed E-state index contributed by atoms with van der Waals surface area (Å²) in [6.07, 6.45) is -0.654. The summed E-state index contributed by atoms with van der Waals surface area (Å²) in [6, 6.07) is 12.1. The molecule has 0 saturated heterocycles. The Labute approximate surface area is 166 Å². The minimum absolute atomic E-state index is 0.207. The number of benzene rings is 1. The molecule has 0 aliphatic rings. The number of aromatic nitrogens is 2. The highest BCUT2D eigenvalue weighted by Crippen LogP contribution is 2.35. The van der Waals surface area contributed by atoms with Crippen LogP contribution in [0.4, 0.5) is 24.7 Å². The number of halogens is 3. The highest BCUT2D eigenvalue weighted by molar-refractivity contribution is 5.85. The highest BCUT2D eigenvalue weighted by atomic mass is 19.4. The van der Waals surface area contributed by atoms with Crippen molar-refractivity contribution >= 4 is 17.9 Å². The first-order valence-electron chi connectivity index (χ1n) is 8.76. The Morgan fingerprint density at radius 1 is 1.00 bits per heavy atom. The Morgan fingerprint density at radius 2 is 1.79 bits per heavy atom. The zero-order chi connectivity index (χ0) is 21.0. The summed E-state index contributed by atoms with van der Waals surface area (Å²) in [7, 11) is 3.55. The lowest BCUT2D eigenvalue weighted by atomic mass is 10.0. The molecule has 1 aromatic carbocycles. The number of alkyl halides is 3. The molecule has 0 aliphatic heterocycles. The predicted octanol–water partition coefficient (Wildman–Crippen LogP) is 4.39. The molecule has 0 fully saturated rings. The second kappa shape index (κ2) is 8.30. The largest absolute Gasteiger partial charge is 0.416 e. The number of pyridine rings is 2. The topological polar surface area (TPSA) is 49.3 Å². The molecule has 0 spiro atoms. The van der Waals surface area contributed by atoms with Gasteiger partial charge in [-0.3, -0.25) is 9.78 Å². The molecule has 0 saturated carbocycles. The van der Waals surface area contributed by atoms with Crippen molar-refractivity contribution in [3.8, 4) is 11.1 Å². The maximum atomic E-state index is 13.1. The molecule has 0 bridgehead atoms. The number of nitrogens with zero attached hydrogens (tertiary/aromatic N) is 4. The van der Waals surface area contributed by atoms with Crippen LogP contribution >= 0.6 is 0 Å². The monoisotopic (exact) mass is 400 g/mol. The van der Waals surface area contributed by atoms with Gasteiger partial charge in [-0.25, -0.2) is 4.98 Å². The average Bonchev–Trinajstić information content (AvgIpc) is 2.71. The quantitative estimate of drug-likeness (QED) is 0.576. The fourth-order valence-electron chi connectivity index (χ4n) is 2.88. The van der Waals surface area contributed by atoms with E-state index in [0.717, 1.165) is 12.1 Å². The second-order valence-electron chi connectivity index (χ2n) is 6.59. The van der Waals surface area contributed by atoms with E-state index in [-0.39, 0.29) is 6.54 Å². The summed E-state index contributed by atoms with van der Waals surface area (Å²) in [5.74, 6) is 0.517. The van der Waals surface area contributed by atoms with Crippen LogP contribution in [0.15, 0.2) is 60.9 Å². The maximum Gasteiger partial charge on any atom is 0.416 e. The van der Waals surface area contributed by atoms with Crippen LogP contribution in [-0.4, -0.2) is 30.5 Å². The Hall–Kier alpha value is -3.42. The first kappa shape index (κ1) is 20.3. The highest BCUT2D eigenvalue weighted by Gasteiger charge is 2.30. The summed E-state index contributed by atoms with van der Waals surface area (Å²) in [5, 5.41) is 0. The van der Waals surface area contributed by atoms with Crippen molar-refractivity contribution in [3.63, 3.8) is 0 Å². The molecule has 8 heteroatoms. The molecule has 2 aromatic heterocycles. The van der Waals surface area contributed by atoms with Gasteiger partial charge in [-0.05, 0) is 35.9 Å². The minimum Gasteiger partial charge on any atom is -0.361 e. The van der Waals surface area contributed by atoms with Crippen LogP contribution in [-0.2, 0) is 17.5 Å². The molecule has 0 N–H and O–H groups in total. The SMILES string of the molecule is CN(C)c1ncc(-c2cccc(C(F)(F)F)c2)cc1N(C=O)Cc1ccccn1. The van der Waals surface area contributed by atoms with Gasteiger partial charge in [-0.15, -0.1) is 0 Å². The molecule has 0 aliphatic carbocycles. The van der Waals surface area contributed by atoms with E-state index < -0.39 is 11.7 Å². The van der Waals surface area contributed by atoms with Crippen molar-refractivity contribution in [3.05, 3.63) is 72.2 Å².